The van der Waals surface area contributed by atoms with Crippen molar-refractivity contribution < 1.29 is 21.6 Å². The maximum Gasteiger partial charge on any atom is 0.243 e. The number of hydrogen-bond donors (Lipinski definition) is 0. The molecule has 2 aromatic carbocycles. The van der Waals surface area contributed by atoms with Crippen molar-refractivity contribution >= 4 is 19.9 Å². The summed E-state index contributed by atoms with van der Waals surface area (Å²) >= 11 is 0. The third kappa shape index (κ3) is 5.53. The van der Waals surface area contributed by atoms with Crippen LogP contribution >= 0.6 is 0 Å². The van der Waals surface area contributed by atoms with Gasteiger partial charge in [0.25, 0.3) is 0 Å². The number of ether oxygens (including phenoxy) is 1. The minimum absolute atomic E-state index is 0.00128. The molecule has 2 heterocycles. The third-order valence-electron chi connectivity index (χ3n) is 6.57. The number of morpholine rings is 1. The Labute approximate surface area is 203 Å². The molecule has 0 spiro atoms. The van der Waals surface area contributed by atoms with E-state index in [0.717, 1.165) is 39.4 Å². The molecule has 2 aromatic rings. The lowest BCUT2D eigenvalue weighted by atomic mass is 10.2. The first-order valence-electron chi connectivity index (χ1n) is 11.8. The van der Waals surface area contributed by atoms with Crippen LogP contribution in [0.1, 0.15) is 12.5 Å². The van der Waals surface area contributed by atoms with Crippen LogP contribution in [0.15, 0.2) is 63.2 Å². The lowest BCUT2D eigenvalue weighted by Gasteiger charge is -2.36. The van der Waals surface area contributed by atoms with Crippen molar-refractivity contribution in [2.45, 2.75) is 28.0 Å². The number of sulfonamides is 1. The molecule has 0 bridgehead atoms. The SMILES string of the molecule is CCc1ccc(S(=O)(=O)c2ccccc2)cc1S(=O)(=O)N1CCN(CCN2CCOCC2)CC1. The van der Waals surface area contributed by atoms with Crippen molar-refractivity contribution in [3.63, 3.8) is 0 Å². The Hall–Kier alpha value is -1.82. The molecule has 186 valence electrons. The van der Waals surface area contributed by atoms with Crippen molar-refractivity contribution in [3.8, 4) is 0 Å². The summed E-state index contributed by atoms with van der Waals surface area (Å²) in [5, 5.41) is 0. The molecule has 0 unspecified atom stereocenters. The first kappa shape index (κ1) is 25.3. The van der Waals surface area contributed by atoms with Gasteiger partial charge in [-0.2, -0.15) is 4.31 Å². The van der Waals surface area contributed by atoms with Crippen LogP contribution in [0.25, 0.3) is 0 Å². The minimum Gasteiger partial charge on any atom is -0.379 e. The van der Waals surface area contributed by atoms with Gasteiger partial charge in [0.05, 0.1) is 27.9 Å². The lowest BCUT2D eigenvalue weighted by molar-refractivity contribution is 0.0317. The molecule has 34 heavy (non-hydrogen) atoms. The molecule has 0 radical (unpaired) electrons. The highest BCUT2D eigenvalue weighted by atomic mass is 32.2. The van der Waals surface area contributed by atoms with Crippen LogP contribution in [-0.2, 0) is 31.0 Å². The molecule has 2 fully saturated rings. The summed E-state index contributed by atoms with van der Waals surface area (Å²) in [6.45, 7) is 9.26. The second-order valence-corrected chi connectivity index (χ2v) is 12.5. The zero-order valence-electron chi connectivity index (χ0n) is 19.6. The Morgan fingerprint density at radius 2 is 1.38 bits per heavy atom. The van der Waals surface area contributed by atoms with Gasteiger partial charge in [0, 0.05) is 52.4 Å². The maximum absolute atomic E-state index is 13.6. The molecule has 0 atom stereocenters. The fourth-order valence-electron chi connectivity index (χ4n) is 4.41. The van der Waals surface area contributed by atoms with Gasteiger partial charge in [-0.1, -0.05) is 31.2 Å². The molecule has 0 N–H and O–H groups in total. The Morgan fingerprint density at radius 3 is 2.00 bits per heavy atom. The number of piperazine rings is 1. The fraction of sp³-hybridized carbons (Fsp3) is 0.500. The molecule has 0 saturated carbocycles. The Balaban J connectivity index is 1.49. The van der Waals surface area contributed by atoms with Gasteiger partial charge in [-0.3, -0.25) is 9.80 Å². The highest BCUT2D eigenvalue weighted by Gasteiger charge is 2.31. The minimum atomic E-state index is -3.81. The molecule has 0 aromatic heterocycles. The van der Waals surface area contributed by atoms with Crippen LogP contribution in [-0.4, -0.2) is 96.5 Å². The molecule has 2 saturated heterocycles. The highest BCUT2D eigenvalue weighted by molar-refractivity contribution is 7.91. The van der Waals surface area contributed by atoms with E-state index in [1.165, 1.54) is 28.6 Å². The topological polar surface area (TPSA) is 87.2 Å². The van der Waals surface area contributed by atoms with E-state index in [1.807, 2.05) is 6.92 Å². The summed E-state index contributed by atoms with van der Waals surface area (Å²) in [6.07, 6.45) is 0.500. The third-order valence-corrected chi connectivity index (χ3v) is 10.3. The van der Waals surface area contributed by atoms with Crippen LogP contribution in [0.5, 0.6) is 0 Å². The second kappa shape index (κ2) is 10.8. The van der Waals surface area contributed by atoms with Crippen LogP contribution in [0.3, 0.4) is 0 Å². The summed E-state index contributed by atoms with van der Waals surface area (Å²) < 4.78 is 60.3. The summed E-state index contributed by atoms with van der Waals surface area (Å²) in [7, 11) is -7.62. The number of rotatable bonds is 8. The normalized spacial score (nSPS) is 19.3. The van der Waals surface area contributed by atoms with E-state index in [1.54, 1.807) is 24.3 Å². The molecule has 2 aliphatic heterocycles. The van der Waals surface area contributed by atoms with Crippen molar-refractivity contribution in [1.29, 1.82) is 0 Å². The average Bonchev–Trinajstić information content (AvgIpc) is 2.88. The van der Waals surface area contributed by atoms with Crippen LogP contribution in [0.4, 0.5) is 0 Å². The predicted octanol–water partition coefficient (Wildman–Crippen LogP) is 1.72. The van der Waals surface area contributed by atoms with Crippen molar-refractivity contribution in [1.82, 2.24) is 14.1 Å². The number of benzene rings is 2. The fourth-order valence-corrected chi connectivity index (χ4v) is 7.53. The Morgan fingerprint density at radius 1 is 0.765 bits per heavy atom. The van der Waals surface area contributed by atoms with Gasteiger partial charge in [-0.25, -0.2) is 16.8 Å². The molecular weight excluding hydrogens is 474 g/mol. The van der Waals surface area contributed by atoms with Gasteiger partial charge in [-0.15, -0.1) is 0 Å². The van der Waals surface area contributed by atoms with E-state index >= 15 is 0 Å². The largest absolute Gasteiger partial charge is 0.379 e. The molecule has 0 aliphatic carbocycles. The van der Waals surface area contributed by atoms with E-state index in [4.69, 9.17) is 4.74 Å². The van der Waals surface area contributed by atoms with Gasteiger partial charge in [0.1, 0.15) is 0 Å². The molecule has 4 rings (SSSR count). The number of hydrogen-bond acceptors (Lipinski definition) is 7. The number of sulfone groups is 1. The average molecular weight is 508 g/mol. The van der Waals surface area contributed by atoms with Crippen molar-refractivity contribution in [2.24, 2.45) is 0 Å². The van der Waals surface area contributed by atoms with E-state index in [2.05, 4.69) is 9.80 Å². The number of nitrogens with zero attached hydrogens (tertiary/aromatic N) is 3. The van der Waals surface area contributed by atoms with Gasteiger partial charge in [0.15, 0.2) is 0 Å². The predicted molar refractivity (Wildman–Crippen MR) is 130 cm³/mol. The van der Waals surface area contributed by atoms with Gasteiger partial charge >= 0.3 is 0 Å². The highest BCUT2D eigenvalue weighted by Crippen LogP contribution is 2.28. The molecular formula is C24H33N3O5S2. The summed E-state index contributed by atoms with van der Waals surface area (Å²) in [5.74, 6) is 0. The van der Waals surface area contributed by atoms with E-state index in [0.29, 0.717) is 38.2 Å². The van der Waals surface area contributed by atoms with E-state index in [9.17, 15) is 16.8 Å². The van der Waals surface area contributed by atoms with E-state index in [-0.39, 0.29) is 14.7 Å². The van der Waals surface area contributed by atoms with Gasteiger partial charge < -0.3 is 4.74 Å². The van der Waals surface area contributed by atoms with Gasteiger partial charge in [0.2, 0.25) is 19.9 Å². The van der Waals surface area contributed by atoms with Crippen LogP contribution in [0, 0.1) is 0 Å². The quantitative estimate of drug-likeness (QED) is 0.538. The summed E-state index contributed by atoms with van der Waals surface area (Å²) in [5.41, 5.74) is 0.627. The monoisotopic (exact) mass is 507 g/mol. The van der Waals surface area contributed by atoms with E-state index < -0.39 is 19.9 Å². The van der Waals surface area contributed by atoms with Gasteiger partial charge in [-0.05, 0) is 36.2 Å². The first-order valence-corrected chi connectivity index (χ1v) is 14.7. The molecule has 10 heteroatoms. The lowest BCUT2D eigenvalue weighted by Crippen LogP contribution is -2.51. The van der Waals surface area contributed by atoms with Crippen molar-refractivity contribution in [2.75, 3.05) is 65.6 Å². The molecule has 0 amide bonds. The summed E-state index contributed by atoms with van der Waals surface area (Å²) in [6, 6.07) is 12.6. The second-order valence-electron chi connectivity index (χ2n) is 8.64. The zero-order valence-corrected chi connectivity index (χ0v) is 21.2. The van der Waals surface area contributed by atoms with Crippen LogP contribution in [0.2, 0.25) is 0 Å². The first-order chi connectivity index (χ1) is 16.3. The number of aryl methyl sites for hydroxylation is 1. The summed E-state index contributed by atoms with van der Waals surface area (Å²) in [4.78, 5) is 4.90. The smallest absolute Gasteiger partial charge is 0.243 e. The zero-order chi connectivity index (χ0) is 24.2. The Bertz CT molecular complexity index is 1170. The molecule has 2 aliphatic rings. The Kier molecular flexibility index (Phi) is 8.06. The standard InChI is InChI=1S/C24H33N3O5S2/c1-2-21-8-9-23(33(28,29)22-6-4-3-5-7-22)20-24(21)34(30,31)27-14-12-25(13-15-27)10-11-26-16-18-32-19-17-26/h3-9,20H,2,10-19H2,1H3. The molecule has 8 nitrogen and oxygen atoms in total. The maximum atomic E-state index is 13.6. The van der Waals surface area contributed by atoms with Crippen molar-refractivity contribution in [3.05, 3.63) is 54.1 Å². The van der Waals surface area contributed by atoms with Crippen LogP contribution < -0.4 is 0 Å².